The quantitative estimate of drug-likeness (QED) is 0.161. The van der Waals surface area contributed by atoms with Crippen LogP contribution in [0.1, 0.15) is 0 Å². The van der Waals surface area contributed by atoms with E-state index in [2.05, 4.69) is 144 Å². The van der Waals surface area contributed by atoms with Gasteiger partial charge in [-0.25, -0.2) is 4.57 Å². The first kappa shape index (κ1) is 31.9. The molecule has 262 valence electrons. The van der Waals surface area contributed by atoms with Gasteiger partial charge in [-0.1, -0.05) is 170 Å². The van der Waals surface area contributed by atoms with E-state index < -0.39 is 0 Å². The van der Waals surface area contributed by atoms with Crippen molar-refractivity contribution in [1.29, 1.82) is 0 Å². The second-order valence-electron chi connectivity index (χ2n) is 14.2. The molecular weight excluding hydrogens is 683 g/mol. The second-order valence-corrected chi connectivity index (χ2v) is 14.2. The second kappa shape index (κ2) is 13.1. The van der Waals surface area contributed by atoms with E-state index in [9.17, 15) is 0 Å². The maximum absolute atomic E-state index is 6.82. The van der Waals surface area contributed by atoms with Gasteiger partial charge < -0.3 is 4.42 Å². The highest BCUT2D eigenvalue weighted by Crippen LogP contribution is 2.46. The lowest BCUT2D eigenvalue weighted by molar-refractivity contribution is 0.554. The third-order valence-electron chi connectivity index (χ3n) is 10.9. The molecule has 0 bridgehead atoms. The van der Waals surface area contributed by atoms with Crippen LogP contribution in [0.2, 0.25) is 0 Å². The van der Waals surface area contributed by atoms with Crippen molar-refractivity contribution in [2.24, 2.45) is 0 Å². The van der Waals surface area contributed by atoms with Crippen molar-refractivity contribution in [1.82, 2.24) is 14.8 Å². The van der Waals surface area contributed by atoms with Crippen LogP contribution in [0.25, 0.3) is 105 Å². The lowest BCUT2D eigenvalue weighted by Crippen LogP contribution is -1.99. The van der Waals surface area contributed by atoms with Gasteiger partial charge in [0.05, 0.1) is 0 Å². The monoisotopic (exact) mass is 715 g/mol. The topological polar surface area (TPSA) is 43.9 Å². The molecule has 0 spiro atoms. The zero-order valence-electron chi connectivity index (χ0n) is 30.3. The average Bonchev–Trinajstić information content (AvgIpc) is 3.94. The summed E-state index contributed by atoms with van der Waals surface area (Å²) in [6, 6.07) is 70.8. The van der Waals surface area contributed by atoms with Crippen molar-refractivity contribution in [2.45, 2.75) is 0 Å². The zero-order chi connectivity index (χ0) is 37.0. The van der Waals surface area contributed by atoms with Crippen LogP contribution in [-0.4, -0.2) is 14.8 Å². The predicted molar refractivity (Wildman–Crippen MR) is 231 cm³/mol. The van der Waals surface area contributed by atoms with Gasteiger partial charge in [0.1, 0.15) is 5.76 Å². The van der Waals surface area contributed by atoms with E-state index in [4.69, 9.17) is 4.42 Å². The summed E-state index contributed by atoms with van der Waals surface area (Å²) in [6.45, 7) is 0. The van der Waals surface area contributed by atoms with Gasteiger partial charge in [-0.2, -0.15) is 0 Å². The Labute approximate surface area is 323 Å². The fourth-order valence-corrected chi connectivity index (χ4v) is 8.29. The highest BCUT2D eigenvalue weighted by molar-refractivity contribution is 6.22. The molecule has 0 fully saturated rings. The molecule has 0 aliphatic heterocycles. The molecule has 4 nitrogen and oxygen atoms in total. The third-order valence-corrected chi connectivity index (χ3v) is 10.9. The number of furan rings is 1. The Morgan fingerprint density at radius 3 is 1.36 bits per heavy atom. The Bertz CT molecular complexity index is 3190. The Hall–Kier alpha value is -7.56. The van der Waals surface area contributed by atoms with Crippen LogP contribution in [0, 0.1) is 0 Å². The number of aromatic nitrogens is 3. The Morgan fingerprint density at radius 2 is 0.786 bits per heavy atom. The van der Waals surface area contributed by atoms with Crippen molar-refractivity contribution in [3.63, 3.8) is 0 Å². The van der Waals surface area contributed by atoms with Crippen molar-refractivity contribution in [3.05, 3.63) is 200 Å². The molecular formula is C52H33N3O. The molecule has 0 aliphatic rings. The molecule has 0 radical (unpaired) electrons. The van der Waals surface area contributed by atoms with Crippen molar-refractivity contribution in [2.75, 3.05) is 0 Å². The number of hydrogen-bond acceptors (Lipinski definition) is 3. The van der Waals surface area contributed by atoms with E-state index >= 15 is 0 Å². The average molecular weight is 716 g/mol. The minimum Gasteiger partial charge on any atom is -0.440 e. The first-order valence-electron chi connectivity index (χ1n) is 18.9. The van der Waals surface area contributed by atoms with Gasteiger partial charge in [0.25, 0.3) is 0 Å². The van der Waals surface area contributed by atoms with Crippen molar-refractivity contribution in [3.8, 4) is 62.2 Å². The van der Waals surface area contributed by atoms with Crippen LogP contribution in [0.4, 0.5) is 0 Å². The van der Waals surface area contributed by atoms with Gasteiger partial charge in [-0.05, 0) is 89.6 Å². The number of hydrogen-bond donors (Lipinski definition) is 0. The summed E-state index contributed by atoms with van der Waals surface area (Å²) >= 11 is 0. The number of nitrogens with zero attached hydrogens (tertiary/aromatic N) is 3. The number of benzene rings is 9. The molecule has 0 amide bonds. The van der Waals surface area contributed by atoms with Crippen LogP contribution in [0.5, 0.6) is 0 Å². The molecule has 9 aromatic carbocycles. The summed E-state index contributed by atoms with van der Waals surface area (Å²) in [4.78, 5) is 0. The maximum Gasteiger partial charge on any atom is 0.207 e. The molecule has 0 saturated heterocycles. The summed E-state index contributed by atoms with van der Waals surface area (Å²) in [5, 5.41) is 19.0. The Kier molecular flexibility index (Phi) is 7.46. The number of fused-ring (bicyclic) bond motifs is 4. The molecule has 56 heavy (non-hydrogen) atoms. The highest BCUT2D eigenvalue weighted by atomic mass is 16.4. The molecule has 2 heterocycles. The molecule has 0 atom stereocenters. The lowest BCUT2D eigenvalue weighted by Gasteiger charge is -2.19. The van der Waals surface area contributed by atoms with E-state index in [-0.39, 0.29) is 0 Å². The summed E-state index contributed by atoms with van der Waals surface area (Å²) in [6.07, 6.45) is 0. The fourth-order valence-electron chi connectivity index (χ4n) is 8.29. The van der Waals surface area contributed by atoms with E-state index in [0.29, 0.717) is 17.5 Å². The Morgan fingerprint density at radius 1 is 0.321 bits per heavy atom. The molecule has 0 saturated carbocycles. The minimum atomic E-state index is 0.646. The molecule has 2 aromatic heterocycles. The summed E-state index contributed by atoms with van der Waals surface area (Å²) in [7, 11) is 0. The van der Waals surface area contributed by atoms with Crippen LogP contribution < -0.4 is 0 Å². The lowest BCUT2D eigenvalue weighted by atomic mass is 9.84. The molecule has 11 aromatic rings. The normalized spacial score (nSPS) is 11.6. The highest BCUT2D eigenvalue weighted by Gasteiger charge is 2.22. The van der Waals surface area contributed by atoms with Crippen molar-refractivity contribution >= 4 is 43.1 Å². The summed E-state index contributed by atoms with van der Waals surface area (Å²) in [5.74, 6) is 2.84. The van der Waals surface area contributed by atoms with Gasteiger partial charge in [0.2, 0.25) is 5.88 Å². The summed E-state index contributed by atoms with van der Waals surface area (Å²) < 4.78 is 8.84. The van der Waals surface area contributed by atoms with E-state index in [1.54, 1.807) is 0 Å². The SMILES string of the molecule is c1ccc(-c2nnc(-c3ccccc3)n2-c2ccc(-c3ccc4c(-c5ccc6ccccc6c5)c5ccccc5c(-c5ccc6ccccc6c5)c4c3)o2)cc1. The van der Waals surface area contributed by atoms with Crippen LogP contribution in [0.3, 0.4) is 0 Å². The van der Waals surface area contributed by atoms with Crippen molar-refractivity contribution < 1.29 is 4.42 Å². The smallest absolute Gasteiger partial charge is 0.207 e. The fraction of sp³-hybridized carbons (Fsp3) is 0. The largest absolute Gasteiger partial charge is 0.440 e. The van der Waals surface area contributed by atoms with Crippen LogP contribution >= 0.6 is 0 Å². The van der Waals surface area contributed by atoms with Gasteiger partial charge in [0, 0.05) is 22.8 Å². The van der Waals surface area contributed by atoms with Gasteiger partial charge in [-0.3, -0.25) is 0 Å². The molecule has 4 heteroatoms. The molecule has 0 aliphatic carbocycles. The summed E-state index contributed by atoms with van der Waals surface area (Å²) in [5.41, 5.74) is 7.70. The van der Waals surface area contributed by atoms with Gasteiger partial charge in [-0.15, -0.1) is 10.2 Å². The predicted octanol–water partition coefficient (Wildman–Crippen LogP) is 13.8. The van der Waals surface area contributed by atoms with E-state index in [0.717, 1.165) is 27.8 Å². The zero-order valence-corrected chi connectivity index (χ0v) is 30.3. The van der Waals surface area contributed by atoms with Gasteiger partial charge in [0.15, 0.2) is 11.6 Å². The van der Waals surface area contributed by atoms with Crippen LogP contribution in [-0.2, 0) is 0 Å². The first-order chi connectivity index (χ1) is 27.8. The minimum absolute atomic E-state index is 0.646. The molecule has 11 rings (SSSR count). The standard InChI is InChI=1S/C52H33N3O/c1-3-15-36(16-4-1)51-53-54-52(37-17-5-2-6-18-37)55(51)48-30-29-47(56-48)40-27-28-45-46(33-40)50(42-26-24-35-14-8-10-20-39(35)32-42)44-22-12-11-21-43(44)49(45)41-25-23-34-13-7-9-19-38(34)31-41/h1-33H. The maximum atomic E-state index is 6.82. The third kappa shape index (κ3) is 5.31. The Balaban J connectivity index is 1.15. The van der Waals surface area contributed by atoms with Crippen LogP contribution in [0.15, 0.2) is 205 Å². The molecule has 0 N–H and O–H groups in total. The van der Waals surface area contributed by atoms with E-state index in [1.165, 1.54) is 60.0 Å². The van der Waals surface area contributed by atoms with Gasteiger partial charge >= 0.3 is 0 Å². The first-order valence-corrected chi connectivity index (χ1v) is 18.9. The molecule has 0 unspecified atom stereocenters. The number of rotatable bonds is 6. The van der Waals surface area contributed by atoms with E-state index in [1.807, 2.05) is 71.3 Å².